The minimum atomic E-state index is 0.628. The lowest BCUT2D eigenvalue weighted by atomic mass is 10.4. The van der Waals surface area contributed by atoms with Gasteiger partial charge in [-0.3, -0.25) is 9.67 Å². The maximum atomic E-state index is 4.16. The van der Waals surface area contributed by atoms with E-state index in [1.807, 2.05) is 17.8 Å². The van der Waals surface area contributed by atoms with Crippen molar-refractivity contribution in [1.82, 2.24) is 20.4 Å². The van der Waals surface area contributed by atoms with Gasteiger partial charge in [0.15, 0.2) is 5.96 Å². The highest BCUT2D eigenvalue weighted by Crippen LogP contribution is 2.18. The summed E-state index contributed by atoms with van der Waals surface area (Å²) in [6.07, 6.45) is 4.31. The number of aryl methyl sites for hydroxylation is 1. The lowest BCUT2D eigenvalue weighted by molar-refractivity contribution is 0.684. The van der Waals surface area contributed by atoms with E-state index in [4.69, 9.17) is 0 Å². The normalized spacial score (nSPS) is 16.5. The summed E-state index contributed by atoms with van der Waals surface area (Å²) in [5, 5.41) is 10.7. The van der Waals surface area contributed by atoms with Crippen molar-refractivity contribution in [2.75, 3.05) is 7.05 Å². The molecule has 0 atom stereocenters. The van der Waals surface area contributed by atoms with Crippen molar-refractivity contribution in [3.05, 3.63) is 18.0 Å². The number of aliphatic imine (C=N–C) groups is 1. The Morgan fingerprint density at radius 2 is 2.47 bits per heavy atom. The molecule has 2 N–H and O–H groups in total. The zero-order chi connectivity index (χ0) is 10.7. The van der Waals surface area contributed by atoms with Crippen LogP contribution in [-0.4, -0.2) is 28.8 Å². The number of aromatic nitrogens is 2. The summed E-state index contributed by atoms with van der Waals surface area (Å²) in [6, 6.07) is 2.62. The SMILES string of the molecule is CN=C(NCc1ccnn1C)NC1CC1. The molecule has 15 heavy (non-hydrogen) atoms. The van der Waals surface area contributed by atoms with Crippen LogP contribution in [0.3, 0.4) is 0 Å². The van der Waals surface area contributed by atoms with Crippen LogP contribution in [0.2, 0.25) is 0 Å². The standard InChI is InChI=1S/C10H17N5/c1-11-10(14-8-3-4-8)12-7-9-5-6-13-15(9)2/h5-6,8H,3-4,7H2,1-2H3,(H2,11,12,14). The van der Waals surface area contributed by atoms with Crippen LogP contribution in [0.1, 0.15) is 18.5 Å². The van der Waals surface area contributed by atoms with E-state index in [-0.39, 0.29) is 0 Å². The molecular formula is C10H17N5. The molecule has 0 spiro atoms. The van der Waals surface area contributed by atoms with Crippen molar-refractivity contribution in [2.45, 2.75) is 25.4 Å². The van der Waals surface area contributed by atoms with Crippen LogP contribution in [0.15, 0.2) is 17.3 Å². The molecule has 0 aliphatic heterocycles. The van der Waals surface area contributed by atoms with Crippen molar-refractivity contribution < 1.29 is 0 Å². The van der Waals surface area contributed by atoms with Crippen molar-refractivity contribution in [2.24, 2.45) is 12.0 Å². The minimum Gasteiger partial charge on any atom is -0.354 e. The van der Waals surface area contributed by atoms with Crippen LogP contribution < -0.4 is 10.6 Å². The third kappa shape index (κ3) is 2.71. The Bertz CT molecular complexity index is 350. The third-order valence-electron chi connectivity index (χ3n) is 2.50. The Kier molecular flexibility index (Phi) is 2.89. The lowest BCUT2D eigenvalue weighted by Crippen LogP contribution is -2.38. The maximum Gasteiger partial charge on any atom is 0.191 e. The van der Waals surface area contributed by atoms with Gasteiger partial charge in [-0.15, -0.1) is 0 Å². The molecule has 82 valence electrons. The van der Waals surface area contributed by atoms with Crippen LogP contribution in [-0.2, 0) is 13.6 Å². The summed E-state index contributed by atoms with van der Waals surface area (Å²) >= 11 is 0. The summed E-state index contributed by atoms with van der Waals surface area (Å²) in [5.41, 5.74) is 1.15. The lowest BCUT2D eigenvalue weighted by Gasteiger charge is -2.10. The summed E-state index contributed by atoms with van der Waals surface area (Å²) in [5.74, 6) is 0.874. The Balaban J connectivity index is 1.83. The molecule has 1 aromatic rings. The van der Waals surface area contributed by atoms with Gasteiger partial charge in [-0.1, -0.05) is 0 Å². The third-order valence-corrected chi connectivity index (χ3v) is 2.50. The maximum absolute atomic E-state index is 4.16. The molecule has 1 aliphatic carbocycles. The van der Waals surface area contributed by atoms with E-state index >= 15 is 0 Å². The average Bonchev–Trinajstić information content (AvgIpc) is 2.96. The van der Waals surface area contributed by atoms with Gasteiger partial charge in [-0.05, 0) is 18.9 Å². The van der Waals surface area contributed by atoms with Gasteiger partial charge < -0.3 is 10.6 Å². The molecule has 1 aromatic heterocycles. The van der Waals surface area contributed by atoms with E-state index in [0.717, 1.165) is 18.2 Å². The quantitative estimate of drug-likeness (QED) is 0.552. The number of rotatable bonds is 3. The van der Waals surface area contributed by atoms with E-state index in [1.54, 1.807) is 13.2 Å². The molecule has 5 heteroatoms. The fourth-order valence-electron chi connectivity index (χ4n) is 1.36. The summed E-state index contributed by atoms with van der Waals surface area (Å²) in [4.78, 5) is 4.16. The first kappa shape index (κ1) is 10.0. The highest BCUT2D eigenvalue weighted by atomic mass is 15.3. The minimum absolute atomic E-state index is 0.628. The Labute approximate surface area is 89.6 Å². The molecule has 0 saturated heterocycles. The molecule has 0 aromatic carbocycles. The second-order valence-corrected chi connectivity index (χ2v) is 3.79. The van der Waals surface area contributed by atoms with Crippen LogP contribution >= 0.6 is 0 Å². The molecular weight excluding hydrogens is 190 g/mol. The predicted octanol–water partition coefficient (Wildman–Crippen LogP) is 0.247. The highest BCUT2D eigenvalue weighted by molar-refractivity contribution is 5.80. The van der Waals surface area contributed by atoms with Gasteiger partial charge in [0.2, 0.25) is 0 Å². The number of hydrogen-bond donors (Lipinski definition) is 2. The molecule has 0 radical (unpaired) electrons. The topological polar surface area (TPSA) is 54.2 Å². The van der Waals surface area contributed by atoms with Crippen LogP contribution in [0.5, 0.6) is 0 Å². The van der Waals surface area contributed by atoms with Crippen LogP contribution in [0.4, 0.5) is 0 Å². The Hall–Kier alpha value is -1.52. The first-order chi connectivity index (χ1) is 7.29. The molecule has 1 fully saturated rings. The molecule has 1 saturated carbocycles. The summed E-state index contributed by atoms with van der Waals surface area (Å²) < 4.78 is 1.86. The van der Waals surface area contributed by atoms with Gasteiger partial charge >= 0.3 is 0 Å². The second-order valence-electron chi connectivity index (χ2n) is 3.79. The Morgan fingerprint density at radius 3 is 3.00 bits per heavy atom. The number of nitrogens with zero attached hydrogens (tertiary/aromatic N) is 3. The molecule has 1 heterocycles. The molecule has 2 rings (SSSR count). The molecule has 0 unspecified atom stereocenters. The van der Waals surface area contributed by atoms with E-state index in [1.165, 1.54) is 12.8 Å². The fraction of sp³-hybridized carbons (Fsp3) is 0.600. The van der Waals surface area contributed by atoms with Crippen LogP contribution in [0.25, 0.3) is 0 Å². The van der Waals surface area contributed by atoms with Crippen molar-refractivity contribution in [3.8, 4) is 0 Å². The van der Waals surface area contributed by atoms with E-state index in [0.29, 0.717) is 6.04 Å². The average molecular weight is 207 g/mol. The molecule has 0 amide bonds. The predicted molar refractivity (Wildman–Crippen MR) is 59.6 cm³/mol. The van der Waals surface area contributed by atoms with Crippen molar-refractivity contribution >= 4 is 5.96 Å². The van der Waals surface area contributed by atoms with Gasteiger partial charge in [0.05, 0.1) is 12.2 Å². The number of guanidine groups is 1. The summed E-state index contributed by atoms with van der Waals surface area (Å²) in [6.45, 7) is 0.753. The number of nitrogens with one attached hydrogen (secondary N) is 2. The smallest absolute Gasteiger partial charge is 0.191 e. The summed E-state index contributed by atoms with van der Waals surface area (Å²) in [7, 11) is 3.73. The molecule has 0 bridgehead atoms. The monoisotopic (exact) mass is 207 g/mol. The largest absolute Gasteiger partial charge is 0.354 e. The van der Waals surface area contributed by atoms with Gasteiger partial charge in [0.1, 0.15) is 0 Å². The molecule has 5 nitrogen and oxygen atoms in total. The first-order valence-corrected chi connectivity index (χ1v) is 5.23. The van der Waals surface area contributed by atoms with E-state index < -0.39 is 0 Å². The zero-order valence-electron chi connectivity index (χ0n) is 9.20. The fourth-order valence-corrected chi connectivity index (χ4v) is 1.36. The van der Waals surface area contributed by atoms with Crippen molar-refractivity contribution in [3.63, 3.8) is 0 Å². The highest BCUT2D eigenvalue weighted by Gasteiger charge is 2.21. The zero-order valence-corrected chi connectivity index (χ0v) is 9.20. The van der Waals surface area contributed by atoms with Gasteiger partial charge in [0, 0.05) is 26.3 Å². The van der Waals surface area contributed by atoms with Crippen LogP contribution in [0, 0.1) is 0 Å². The van der Waals surface area contributed by atoms with Gasteiger partial charge in [0.25, 0.3) is 0 Å². The molecule has 1 aliphatic rings. The van der Waals surface area contributed by atoms with Crippen molar-refractivity contribution in [1.29, 1.82) is 0 Å². The second kappa shape index (κ2) is 4.33. The van der Waals surface area contributed by atoms with Gasteiger partial charge in [-0.2, -0.15) is 5.10 Å². The van der Waals surface area contributed by atoms with Gasteiger partial charge in [-0.25, -0.2) is 0 Å². The Morgan fingerprint density at radius 1 is 1.67 bits per heavy atom. The van der Waals surface area contributed by atoms with E-state index in [2.05, 4.69) is 20.7 Å². The number of hydrogen-bond acceptors (Lipinski definition) is 2. The first-order valence-electron chi connectivity index (χ1n) is 5.23. The van der Waals surface area contributed by atoms with E-state index in [9.17, 15) is 0 Å².